The minimum absolute atomic E-state index is 0.336. The summed E-state index contributed by atoms with van der Waals surface area (Å²) in [4.78, 5) is 0. The van der Waals surface area contributed by atoms with E-state index in [0.29, 0.717) is 24.2 Å². The molecule has 0 amide bonds. The van der Waals surface area contributed by atoms with Gasteiger partial charge in [-0.05, 0) is 50.5 Å². The molecule has 0 aromatic rings. The first-order valence-electron chi connectivity index (χ1n) is 8.17. The smallest absolute Gasteiger partial charge is 0.0808 e. The molecule has 1 aliphatic heterocycles. The van der Waals surface area contributed by atoms with E-state index in [0.717, 1.165) is 25.7 Å². The first-order chi connectivity index (χ1) is 9.20. The molecule has 1 heterocycles. The third kappa shape index (κ3) is 4.44. The Morgan fingerprint density at radius 3 is 2.74 bits per heavy atom. The van der Waals surface area contributed by atoms with Crippen LogP contribution in [-0.4, -0.2) is 38.0 Å². The topological polar surface area (TPSA) is 30.5 Å². The second-order valence-electron chi connectivity index (χ2n) is 6.50. The van der Waals surface area contributed by atoms with Gasteiger partial charge in [-0.2, -0.15) is 0 Å². The van der Waals surface area contributed by atoms with Crippen LogP contribution >= 0.6 is 0 Å². The van der Waals surface area contributed by atoms with Crippen LogP contribution in [0, 0.1) is 11.8 Å². The molecule has 112 valence electrons. The molecular weight excluding hydrogens is 238 g/mol. The Balaban J connectivity index is 1.83. The molecule has 1 saturated carbocycles. The molecule has 19 heavy (non-hydrogen) atoms. The summed E-state index contributed by atoms with van der Waals surface area (Å²) in [5.74, 6) is 1.46. The summed E-state index contributed by atoms with van der Waals surface area (Å²) >= 11 is 0. The molecule has 0 radical (unpaired) electrons. The predicted molar refractivity (Wildman–Crippen MR) is 78.4 cm³/mol. The van der Waals surface area contributed by atoms with Crippen LogP contribution in [0.25, 0.3) is 0 Å². The quantitative estimate of drug-likeness (QED) is 0.832. The van der Waals surface area contributed by atoms with Crippen LogP contribution in [0.1, 0.15) is 52.9 Å². The highest BCUT2D eigenvalue weighted by Gasteiger charge is 2.34. The van der Waals surface area contributed by atoms with Crippen LogP contribution in [0.4, 0.5) is 0 Å². The third-order valence-electron chi connectivity index (χ3n) is 4.60. The maximum atomic E-state index is 6.26. The lowest BCUT2D eigenvalue weighted by atomic mass is 9.78. The van der Waals surface area contributed by atoms with Crippen LogP contribution in [0.3, 0.4) is 0 Å². The van der Waals surface area contributed by atoms with Crippen LogP contribution in [-0.2, 0) is 9.47 Å². The second-order valence-corrected chi connectivity index (χ2v) is 6.50. The van der Waals surface area contributed by atoms with E-state index in [2.05, 4.69) is 26.1 Å². The number of rotatable bonds is 5. The lowest BCUT2D eigenvalue weighted by Gasteiger charge is -2.40. The van der Waals surface area contributed by atoms with Crippen molar-refractivity contribution in [2.24, 2.45) is 11.8 Å². The molecule has 0 aromatic carbocycles. The molecule has 2 fully saturated rings. The molecule has 0 bridgehead atoms. The van der Waals surface area contributed by atoms with Crippen molar-refractivity contribution in [3.63, 3.8) is 0 Å². The highest BCUT2D eigenvalue weighted by atomic mass is 16.5. The molecule has 1 N–H and O–H groups in total. The van der Waals surface area contributed by atoms with E-state index >= 15 is 0 Å². The number of hydrogen-bond donors (Lipinski definition) is 1. The summed E-state index contributed by atoms with van der Waals surface area (Å²) in [6.07, 6.45) is 6.91. The van der Waals surface area contributed by atoms with Crippen LogP contribution < -0.4 is 5.32 Å². The second kappa shape index (κ2) is 7.61. The van der Waals surface area contributed by atoms with Crippen LogP contribution in [0.2, 0.25) is 0 Å². The molecule has 3 heteroatoms. The normalized spacial score (nSPS) is 40.3. The van der Waals surface area contributed by atoms with Gasteiger partial charge in [-0.1, -0.05) is 20.8 Å². The molecule has 1 saturated heterocycles. The van der Waals surface area contributed by atoms with Crippen LogP contribution in [0.5, 0.6) is 0 Å². The molecule has 2 rings (SSSR count). The summed E-state index contributed by atoms with van der Waals surface area (Å²) < 4.78 is 12.0. The highest BCUT2D eigenvalue weighted by Crippen LogP contribution is 2.31. The Labute approximate surface area is 118 Å². The Kier molecular flexibility index (Phi) is 6.11. The predicted octanol–water partition coefficient (Wildman–Crippen LogP) is 2.98. The van der Waals surface area contributed by atoms with Gasteiger partial charge in [0.15, 0.2) is 0 Å². The molecule has 0 spiro atoms. The first-order valence-corrected chi connectivity index (χ1v) is 8.17. The van der Waals surface area contributed by atoms with Crippen molar-refractivity contribution >= 4 is 0 Å². The van der Waals surface area contributed by atoms with Gasteiger partial charge < -0.3 is 14.8 Å². The van der Waals surface area contributed by atoms with Crippen molar-refractivity contribution in [2.45, 2.75) is 71.1 Å². The number of hydrogen-bond acceptors (Lipinski definition) is 3. The van der Waals surface area contributed by atoms with Crippen molar-refractivity contribution in [3.05, 3.63) is 0 Å². The van der Waals surface area contributed by atoms with Gasteiger partial charge in [0.25, 0.3) is 0 Å². The summed E-state index contributed by atoms with van der Waals surface area (Å²) in [6, 6.07) is 0.521. The van der Waals surface area contributed by atoms with E-state index in [1.54, 1.807) is 0 Å². The van der Waals surface area contributed by atoms with E-state index in [9.17, 15) is 0 Å². The maximum absolute atomic E-state index is 6.26. The fourth-order valence-electron chi connectivity index (χ4n) is 3.73. The minimum atomic E-state index is 0.336. The minimum Gasteiger partial charge on any atom is -0.376 e. The Bertz CT molecular complexity index is 253. The SMILES string of the molecule is CCNC1CC(C)CC(C)C1OCC1CCCCO1. The molecule has 1 aliphatic carbocycles. The fraction of sp³-hybridized carbons (Fsp3) is 1.00. The van der Waals surface area contributed by atoms with Crippen molar-refractivity contribution in [2.75, 3.05) is 19.8 Å². The lowest BCUT2D eigenvalue weighted by molar-refractivity contribution is -0.0961. The zero-order valence-electron chi connectivity index (χ0n) is 12.9. The maximum Gasteiger partial charge on any atom is 0.0808 e. The molecule has 0 aromatic heterocycles. The van der Waals surface area contributed by atoms with Crippen molar-refractivity contribution in [1.82, 2.24) is 5.32 Å². The van der Waals surface area contributed by atoms with Gasteiger partial charge in [-0.25, -0.2) is 0 Å². The van der Waals surface area contributed by atoms with E-state index in [1.807, 2.05) is 0 Å². The molecule has 5 atom stereocenters. The summed E-state index contributed by atoms with van der Waals surface area (Å²) in [7, 11) is 0. The zero-order valence-corrected chi connectivity index (χ0v) is 12.9. The van der Waals surface area contributed by atoms with Gasteiger partial charge >= 0.3 is 0 Å². The number of ether oxygens (including phenoxy) is 2. The van der Waals surface area contributed by atoms with Gasteiger partial charge in [0.2, 0.25) is 0 Å². The molecule has 2 aliphatic rings. The van der Waals surface area contributed by atoms with Crippen molar-refractivity contribution < 1.29 is 9.47 Å². The fourth-order valence-corrected chi connectivity index (χ4v) is 3.73. The molecule has 5 unspecified atom stereocenters. The average molecular weight is 269 g/mol. The highest BCUT2D eigenvalue weighted by molar-refractivity contribution is 4.88. The zero-order chi connectivity index (χ0) is 13.7. The van der Waals surface area contributed by atoms with E-state index < -0.39 is 0 Å². The summed E-state index contributed by atoms with van der Waals surface area (Å²) in [5.41, 5.74) is 0. The monoisotopic (exact) mass is 269 g/mol. The van der Waals surface area contributed by atoms with Crippen molar-refractivity contribution in [1.29, 1.82) is 0 Å². The van der Waals surface area contributed by atoms with E-state index in [4.69, 9.17) is 9.47 Å². The Hall–Kier alpha value is -0.120. The Morgan fingerprint density at radius 1 is 1.21 bits per heavy atom. The molecular formula is C16H31NO2. The van der Waals surface area contributed by atoms with Crippen molar-refractivity contribution in [3.8, 4) is 0 Å². The Morgan fingerprint density at radius 2 is 2.05 bits per heavy atom. The first kappa shape index (κ1) is 15.3. The van der Waals surface area contributed by atoms with Crippen LogP contribution in [0.15, 0.2) is 0 Å². The third-order valence-corrected chi connectivity index (χ3v) is 4.60. The van der Waals surface area contributed by atoms with Gasteiger partial charge in [0.1, 0.15) is 0 Å². The average Bonchev–Trinajstić information content (AvgIpc) is 2.39. The van der Waals surface area contributed by atoms with E-state index in [-0.39, 0.29) is 0 Å². The summed E-state index contributed by atoms with van der Waals surface area (Å²) in [5, 5.41) is 3.62. The number of nitrogens with one attached hydrogen (secondary N) is 1. The molecule has 3 nitrogen and oxygen atoms in total. The van der Waals surface area contributed by atoms with Gasteiger partial charge in [0, 0.05) is 12.6 Å². The van der Waals surface area contributed by atoms with E-state index in [1.165, 1.54) is 32.1 Å². The van der Waals surface area contributed by atoms with Gasteiger partial charge in [0.05, 0.1) is 18.8 Å². The summed E-state index contributed by atoms with van der Waals surface area (Å²) in [6.45, 7) is 9.62. The standard InChI is InChI=1S/C16H31NO2/c1-4-17-15-10-12(2)9-13(3)16(15)19-11-14-7-5-6-8-18-14/h12-17H,4-11H2,1-3H3. The van der Waals surface area contributed by atoms with Gasteiger partial charge in [-0.15, -0.1) is 0 Å². The largest absolute Gasteiger partial charge is 0.376 e. The number of likely N-dealkylation sites (N-methyl/N-ethyl adjacent to an activating group) is 1. The lowest BCUT2D eigenvalue weighted by Crippen LogP contribution is -2.50. The van der Waals surface area contributed by atoms with Gasteiger partial charge in [-0.3, -0.25) is 0 Å².